The first-order valence-electron chi connectivity index (χ1n) is 8.19. The summed E-state index contributed by atoms with van der Waals surface area (Å²) >= 11 is 7.83. The average molecular weight is 382 g/mol. The van der Waals surface area contributed by atoms with Crippen LogP contribution in [0.15, 0.2) is 46.9 Å². The smallest absolute Gasteiger partial charge is 0.265 e. The highest BCUT2D eigenvalue weighted by molar-refractivity contribution is 7.12. The molecule has 0 saturated heterocycles. The minimum Gasteiger partial charge on any atom is -0.321 e. The molecule has 0 saturated carbocycles. The predicted molar refractivity (Wildman–Crippen MR) is 107 cm³/mol. The van der Waals surface area contributed by atoms with Crippen molar-refractivity contribution in [2.24, 2.45) is 4.99 Å². The number of anilines is 1. The number of benzene rings is 1. The molecule has 130 valence electrons. The number of halogens is 1. The largest absolute Gasteiger partial charge is 0.321 e. The van der Waals surface area contributed by atoms with Crippen LogP contribution >= 0.6 is 22.9 Å². The van der Waals surface area contributed by atoms with E-state index in [9.17, 15) is 4.79 Å². The maximum Gasteiger partial charge on any atom is 0.265 e. The summed E-state index contributed by atoms with van der Waals surface area (Å²) in [5.41, 5.74) is 5.67. The molecule has 0 radical (unpaired) electrons. The number of aromatic nitrogens is 1. The molecule has 0 bridgehead atoms. The molecule has 3 aromatic rings. The molecule has 1 aromatic carbocycles. The summed E-state index contributed by atoms with van der Waals surface area (Å²) in [6, 6.07) is 9.43. The Hall–Kier alpha value is -2.50. The Bertz CT molecular complexity index is 1050. The average Bonchev–Trinajstić information content (AvgIpc) is 3.22. The molecule has 0 aliphatic carbocycles. The molecule has 0 unspecified atom stereocenters. The maximum atomic E-state index is 12.4. The number of aliphatic imine (C=N–C) groups is 1. The van der Waals surface area contributed by atoms with Gasteiger partial charge in [-0.3, -0.25) is 4.79 Å². The lowest BCUT2D eigenvalue weighted by Crippen LogP contribution is -2.11. The van der Waals surface area contributed by atoms with Crippen molar-refractivity contribution in [2.45, 2.75) is 20.3 Å². The first-order valence-corrected chi connectivity index (χ1v) is 9.45. The summed E-state index contributed by atoms with van der Waals surface area (Å²) in [6.07, 6.45) is 2.50. The quantitative estimate of drug-likeness (QED) is 0.665. The van der Waals surface area contributed by atoms with E-state index in [0.29, 0.717) is 22.0 Å². The lowest BCUT2D eigenvalue weighted by atomic mass is 10.0. The van der Waals surface area contributed by atoms with Gasteiger partial charge in [0.15, 0.2) is 5.82 Å². The first kappa shape index (κ1) is 16.9. The van der Waals surface area contributed by atoms with Gasteiger partial charge in [-0.05, 0) is 54.6 Å². The van der Waals surface area contributed by atoms with Gasteiger partial charge < -0.3 is 5.32 Å². The zero-order valence-electron chi connectivity index (χ0n) is 14.3. The van der Waals surface area contributed by atoms with Gasteiger partial charge in [-0.1, -0.05) is 17.7 Å². The number of nitrogens with zero attached hydrogens (tertiary/aromatic N) is 2. The van der Waals surface area contributed by atoms with Gasteiger partial charge in [0.25, 0.3) is 5.91 Å². The van der Waals surface area contributed by atoms with Crippen molar-refractivity contribution < 1.29 is 4.79 Å². The van der Waals surface area contributed by atoms with Crippen LogP contribution in [-0.4, -0.2) is 16.6 Å². The number of thiophene rings is 1. The van der Waals surface area contributed by atoms with Crippen molar-refractivity contribution in [3.63, 3.8) is 0 Å². The molecule has 1 amide bonds. The minimum absolute atomic E-state index is 0.120. The molecule has 0 fully saturated rings. The molecule has 3 heterocycles. The molecular weight excluding hydrogens is 366 g/mol. The molecule has 0 atom stereocenters. The number of hydrogen-bond acceptors (Lipinski definition) is 4. The Morgan fingerprint density at radius 2 is 2.04 bits per heavy atom. The van der Waals surface area contributed by atoms with Crippen molar-refractivity contribution in [1.29, 1.82) is 0 Å². The van der Waals surface area contributed by atoms with E-state index in [-0.39, 0.29) is 5.91 Å². The summed E-state index contributed by atoms with van der Waals surface area (Å²) in [5, 5.41) is 5.50. The molecule has 1 aliphatic heterocycles. The van der Waals surface area contributed by atoms with E-state index in [1.165, 1.54) is 11.3 Å². The summed E-state index contributed by atoms with van der Waals surface area (Å²) in [7, 11) is 0. The van der Waals surface area contributed by atoms with Crippen molar-refractivity contribution in [3.8, 4) is 0 Å². The molecule has 1 N–H and O–H groups in total. The van der Waals surface area contributed by atoms with E-state index in [0.717, 1.165) is 33.8 Å². The molecule has 6 heteroatoms. The zero-order valence-corrected chi connectivity index (χ0v) is 15.9. The number of carbonyl (C=O) groups is 1. The standard InChI is InChI=1S/C20H16ClN3OS/c1-11-5-13-7-17(24-19(13)22-9-11)15-8-14(3-4-16(15)21)23-20(25)18-6-12(2)10-26-18/h3-6,8-10H,7H2,1-2H3,(H,23,25). The predicted octanol–water partition coefficient (Wildman–Crippen LogP) is 5.34. The number of amides is 1. The highest BCUT2D eigenvalue weighted by atomic mass is 35.5. The summed E-state index contributed by atoms with van der Waals surface area (Å²) in [5.74, 6) is 0.621. The lowest BCUT2D eigenvalue weighted by Gasteiger charge is -2.09. The number of aryl methyl sites for hydroxylation is 2. The third-order valence-corrected chi connectivity index (χ3v) is 5.54. The number of carbonyl (C=O) groups excluding carboxylic acids is 1. The third kappa shape index (κ3) is 3.28. The van der Waals surface area contributed by atoms with Crippen LogP contribution in [0.25, 0.3) is 0 Å². The Labute approximate surface area is 160 Å². The van der Waals surface area contributed by atoms with Crippen molar-refractivity contribution in [3.05, 3.63) is 74.1 Å². The molecule has 26 heavy (non-hydrogen) atoms. The van der Waals surface area contributed by atoms with E-state index in [1.54, 1.807) is 12.1 Å². The van der Waals surface area contributed by atoms with Crippen LogP contribution in [0, 0.1) is 13.8 Å². The Morgan fingerprint density at radius 1 is 1.19 bits per heavy atom. The number of pyridine rings is 1. The van der Waals surface area contributed by atoms with Crippen LogP contribution in [-0.2, 0) is 6.42 Å². The van der Waals surface area contributed by atoms with Gasteiger partial charge in [0.05, 0.1) is 10.6 Å². The van der Waals surface area contributed by atoms with Crippen molar-refractivity contribution in [2.75, 3.05) is 5.32 Å². The molecule has 0 spiro atoms. The summed E-state index contributed by atoms with van der Waals surface area (Å²) in [4.78, 5) is 22.1. The highest BCUT2D eigenvalue weighted by Crippen LogP contribution is 2.31. The minimum atomic E-state index is -0.120. The van der Waals surface area contributed by atoms with Gasteiger partial charge in [0, 0.05) is 34.5 Å². The van der Waals surface area contributed by atoms with Crippen LogP contribution in [0.5, 0.6) is 0 Å². The molecule has 4 nitrogen and oxygen atoms in total. The Morgan fingerprint density at radius 3 is 2.81 bits per heavy atom. The molecule has 2 aromatic heterocycles. The number of hydrogen-bond donors (Lipinski definition) is 1. The van der Waals surface area contributed by atoms with E-state index < -0.39 is 0 Å². The van der Waals surface area contributed by atoms with E-state index in [1.807, 2.05) is 37.6 Å². The second-order valence-corrected chi connectivity index (χ2v) is 7.69. The van der Waals surface area contributed by atoms with Gasteiger partial charge in [-0.25, -0.2) is 9.98 Å². The van der Waals surface area contributed by atoms with Gasteiger partial charge in [0.1, 0.15) is 0 Å². The maximum absolute atomic E-state index is 12.4. The fourth-order valence-electron chi connectivity index (χ4n) is 2.92. The Balaban J connectivity index is 1.60. The van der Waals surface area contributed by atoms with Crippen LogP contribution in [0.1, 0.15) is 31.9 Å². The highest BCUT2D eigenvalue weighted by Gasteiger charge is 2.20. The van der Waals surface area contributed by atoms with Crippen molar-refractivity contribution >= 4 is 46.1 Å². The molecule has 1 aliphatic rings. The molecule has 4 rings (SSSR count). The normalized spacial score (nSPS) is 12.7. The van der Waals surface area contributed by atoms with Crippen LogP contribution in [0.4, 0.5) is 11.5 Å². The second-order valence-electron chi connectivity index (χ2n) is 6.37. The third-order valence-electron chi connectivity index (χ3n) is 4.17. The van der Waals surface area contributed by atoms with Gasteiger partial charge in [-0.2, -0.15) is 0 Å². The fraction of sp³-hybridized carbons (Fsp3) is 0.150. The first-order chi connectivity index (χ1) is 12.5. The van der Waals surface area contributed by atoms with Crippen LogP contribution < -0.4 is 5.32 Å². The lowest BCUT2D eigenvalue weighted by molar-refractivity contribution is 0.103. The van der Waals surface area contributed by atoms with E-state index in [2.05, 4.69) is 21.4 Å². The topological polar surface area (TPSA) is 54.4 Å². The Kier molecular flexibility index (Phi) is 4.34. The number of rotatable bonds is 3. The van der Waals surface area contributed by atoms with Gasteiger partial charge in [0.2, 0.25) is 0 Å². The SMILES string of the molecule is Cc1csc(C(=O)Nc2ccc(Cl)c(C3=Nc4ncc(C)cc4C3)c2)c1. The fourth-order valence-corrected chi connectivity index (χ4v) is 3.94. The van der Waals surface area contributed by atoms with Gasteiger partial charge in [-0.15, -0.1) is 11.3 Å². The number of fused-ring (bicyclic) bond motifs is 1. The van der Waals surface area contributed by atoms with E-state index in [4.69, 9.17) is 11.6 Å². The van der Waals surface area contributed by atoms with E-state index >= 15 is 0 Å². The van der Waals surface area contributed by atoms with Crippen molar-refractivity contribution in [1.82, 2.24) is 4.98 Å². The van der Waals surface area contributed by atoms with Gasteiger partial charge >= 0.3 is 0 Å². The van der Waals surface area contributed by atoms with Crippen LogP contribution in [0.3, 0.4) is 0 Å². The molecular formula is C20H16ClN3OS. The second kappa shape index (κ2) is 6.67. The summed E-state index contributed by atoms with van der Waals surface area (Å²) in [6.45, 7) is 3.99. The zero-order chi connectivity index (χ0) is 18.3. The number of nitrogens with one attached hydrogen (secondary N) is 1. The monoisotopic (exact) mass is 381 g/mol. The van der Waals surface area contributed by atoms with Crippen LogP contribution in [0.2, 0.25) is 5.02 Å². The summed E-state index contributed by atoms with van der Waals surface area (Å²) < 4.78 is 0.